The number of amides is 1. The van der Waals surface area contributed by atoms with Crippen LogP contribution in [-0.4, -0.2) is 29.8 Å². The first-order chi connectivity index (χ1) is 16.0. The summed E-state index contributed by atoms with van der Waals surface area (Å²) >= 11 is 0. The van der Waals surface area contributed by atoms with E-state index >= 15 is 0 Å². The van der Waals surface area contributed by atoms with Crippen LogP contribution in [0.2, 0.25) is 0 Å². The molecule has 0 radical (unpaired) electrons. The number of aryl methyl sites for hydroxylation is 1. The SMILES string of the molecule is C.CCC(=O)NCCC=O.CCP(O)Oc1ccccc1.Cc1ccc(-c2ccccc2)cc1. The van der Waals surface area contributed by atoms with E-state index < -0.39 is 8.38 Å². The number of hydrogen-bond acceptors (Lipinski definition) is 4. The zero-order valence-corrected chi connectivity index (χ0v) is 20.5. The maximum atomic E-state index is 10.5. The standard InChI is InChI=1S/C13H12.C8H11O2P.C6H11NO2.CH4/c1-11-7-9-13(10-8-11)12-5-3-2-4-6-12;1-2-11(9)10-8-6-4-3-5-7-8;1-2-6(9)7-4-3-5-8;/h2-10H,1H3;3-7,9H,2H2,1H3;5H,2-4H2,1H3,(H,7,9);1H4. The quantitative estimate of drug-likeness (QED) is 0.210. The summed E-state index contributed by atoms with van der Waals surface area (Å²) in [5.74, 6) is 0.736. The maximum Gasteiger partial charge on any atom is 0.227 e. The summed E-state index contributed by atoms with van der Waals surface area (Å²) in [5, 5.41) is 2.56. The van der Waals surface area contributed by atoms with Crippen molar-refractivity contribution in [2.75, 3.05) is 12.7 Å². The Morgan fingerprint density at radius 1 is 0.912 bits per heavy atom. The van der Waals surface area contributed by atoms with Gasteiger partial charge in [0, 0.05) is 25.5 Å². The van der Waals surface area contributed by atoms with Gasteiger partial charge in [0.2, 0.25) is 14.3 Å². The highest BCUT2D eigenvalue weighted by Gasteiger charge is 2.01. The van der Waals surface area contributed by atoms with Crippen LogP contribution in [0, 0.1) is 6.92 Å². The van der Waals surface area contributed by atoms with Crippen LogP contribution in [0.3, 0.4) is 0 Å². The number of carbonyl (C=O) groups excluding carboxylic acids is 2. The highest BCUT2D eigenvalue weighted by molar-refractivity contribution is 7.46. The second kappa shape index (κ2) is 19.5. The van der Waals surface area contributed by atoms with Gasteiger partial charge in [0.05, 0.1) is 0 Å². The van der Waals surface area contributed by atoms with Crippen molar-refractivity contribution in [2.24, 2.45) is 0 Å². The second-order valence-corrected chi connectivity index (χ2v) is 8.48. The van der Waals surface area contributed by atoms with Gasteiger partial charge in [-0.15, -0.1) is 0 Å². The molecule has 0 saturated carbocycles. The molecule has 34 heavy (non-hydrogen) atoms. The number of benzene rings is 3. The van der Waals surface area contributed by atoms with Gasteiger partial charge in [-0.05, 0) is 30.2 Å². The first kappa shape index (κ1) is 31.0. The topological polar surface area (TPSA) is 75.6 Å². The number of nitrogens with one attached hydrogen (secondary N) is 1. The Hall–Kier alpha value is -3.01. The van der Waals surface area contributed by atoms with Gasteiger partial charge >= 0.3 is 0 Å². The predicted octanol–water partition coefficient (Wildman–Crippen LogP) is 6.79. The summed E-state index contributed by atoms with van der Waals surface area (Å²) in [6, 6.07) is 28.4. The van der Waals surface area contributed by atoms with E-state index in [2.05, 4.69) is 60.8 Å². The van der Waals surface area contributed by atoms with Gasteiger partial charge in [0.15, 0.2) is 0 Å². The van der Waals surface area contributed by atoms with Crippen LogP contribution in [0.5, 0.6) is 5.75 Å². The number of hydrogen-bond donors (Lipinski definition) is 2. The molecule has 3 aromatic carbocycles. The lowest BCUT2D eigenvalue weighted by Gasteiger charge is -2.08. The van der Waals surface area contributed by atoms with Crippen molar-refractivity contribution in [3.05, 3.63) is 90.5 Å². The molecule has 1 atom stereocenters. The molecule has 184 valence electrons. The maximum absolute atomic E-state index is 10.5. The van der Waals surface area contributed by atoms with Gasteiger partial charge in [-0.2, -0.15) is 0 Å². The first-order valence-electron chi connectivity index (χ1n) is 11.0. The summed E-state index contributed by atoms with van der Waals surface area (Å²) < 4.78 is 5.18. The minimum atomic E-state index is -1.25. The summed E-state index contributed by atoms with van der Waals surface area (Å²) in [7, 11) is -1.25. The fourth-order valence-corrected chi connectivity index (χ4v) is 2.93. The molecule has 0 bridgehead atoms. The molecule has 0 aliphatic heterocycles. The summed E-state index contributed by atoms with van der Waals surface area (Å²) in [4.78, 5) is 29.3. The monoisotopic (exact) mass is 483 g/mol. The van der Waals surface area contributed by atoms with E-state index in [1.54, 1.807) is 6.92 Å². The first-order valence-corrected chi connectivity index (χ1v) is 12.4. The number of carbonyl (C=O) groups is 2. The third-order valence-corrected chi connectivity index (χ3v) is 5.25. The zero-order valence-electron chi connectivity index (χ0n) is 19.6. The molecular weight excluding hydrogens is 445 g/mol. The third kappa shape index (κ3) is 14.2. The predicted molar refractivity (Wildman–Crippen MR) is 144 cm³/mol. The van der Waals surface area contributed by atoms with Crippen molar-refractivity contribution < 1.29 is 19.0 Å². The van der Waals surface area contributed by atoms with Crippen molar-refractivity contribution in [2.45, 2.75) is 41.0 Å². The van der Waals surface area contributed by atoms with Gasteiger partial charge in [-0.3, -0.25) is 4.79 Å². The summed E-state index contributed by atoms with van der Waals surface area (Å²) in [6.45, 7) is 6.25. The number of rotatable bonds is 8. The van der Waals surface area contributed by atoms with Crippen LogP contribution < -0.4 is 9.84 Å². The van der Waals surface area contributed by atoms with Gasteiger partial charge < -0.3 is 19.5 Å². The zero-order chi connectivity index (χ0) is 24.3. The molecular formula is C28H38NO4P. The minimum Gasteiger partial charge on any atom is -0.447 e. The lowest BCUT2D eigenvalue weighted by molar-refractivity contribution is -0.120. The minimum absolute atomic E-state index is 0. The highest BCUT2D eigenvalue weighted by Crippen LogP contribution is 2.32. The van der Waals surface area contributed by atoms with E-state index in [0.29, 0.717) is 25.5 Å². The average Bonchev–Trinajstić information content (AvgIpc) is 2.86. The number of aldehydes is 1. The molecule has 2 N–H and O–H groups in total. The molecule has 0 aliphatic rings. The Labute approximate surface area is 206 Å². The third-order valence-electron chi connectivity index (χ3n) is 4.29. The smallest absolute Gasteiger partial charge is 0.227 e. The van der Waals surface area contributed by atoms with Crippen molar-refractivity contribution >= 4 is 20.6 Å². The Morgan fingerprint density at radius 3 is 1.94 bits per heavy atom. The van der Waals surface area contributed by atoms with Crippen molar-refractivity contribution in [3.63, 3.8) is 0 Å². The fraction of sp³-hybridized carbons (Fsp3) is 0.286. The Kier molecular flexibility index (Phi) is 17.7. The fourth-order valence-electron chi connectivity index (χ4n) is 2.44. The van der Waals surface area contributed by atoms with Gasteiger partial charge in [0.25, 0.3) is 0 Å². The molecule has 5 nitrogen and oxygen atoms in total. The Bertz CT molecular complexity index is 903. The van der Waals surface area contributed by atoms with Crippen LogP contribution in [0.15, 0.2) is 84.9 Å². The Morgan fingerprint density at radius 2 is 1.44 bits per heavy atom. The van der Waals surface area contributed by atoms with E-state index in [0.717, 1.165) is 12.0 Å². The average molecular weight is 484 g/mol. The summed E-state index contributed by atoms with van der Waals surface area (Å²) in [6.07, 6.45) is 2.35. The number of para-hydroxylation sites is 1. The van der Waals surface area contributed by atoms with E-state index in [4.69, 9.17) is 9.42 Å². The molecule has 3 aromatic rings. The van der Waals surface area contributed by atoms with E-state index in [1.807, 2.05) is 43.3 Å². The largest absolute Gasteiger partial charge is 0.447 e. The summed E-state index contributed by atoms with van der Waals surface area (Å²) in [5.41, 5.74) is 3.87. The molecule has 0 saturated heterocycles. The lowest BCUT2D eigenvalue weighted by atomic mass is 10.0. The highest BCUT2D eigenvalue weighted by atomic mass is 31.2. The van der Waals surface area contributed by atoms with Crippen LogP contribution in [-0.2, 0) is 9.59 Å². The van der Waals surface area contributed by atoms with Gasteiger partial charge in [-0.1, -0.05) is 99.6 Å². The molecule has 6 heteroatoms. The molecule has 0 fully saturated rings. The molecule has 3 rings (SSSR count). The lowest BCUT2D eigenvalue weighted by Crippen LogP contribution is -2.23. The Balaban J connectivity index is 0.000000483. The van der Waals surface area contributed by atoms with Crippen LogP contribution in [0.4, 0.5) is 0 Å². The van der Waals surface area contributed by atoms with Gasteiger partial charge in [-0.25, -0.2) is 0 Å². The van der Waals surface area contributed by atoms with Crippen LogP contribution in [0.1, 0.15) is 39.7 Å². The van der Waals surface area contributed by atoms with Gasteiger partial charge in [0.1, 0.15) is 12.0 Å². The normalized spacial score (nSPS) is 10.1. The molecule has 1 unspecified atom stereocenters. The van der Waals surface area contributed by atoms with Crippen molar-refractivity contribution in [1.82, 2.24) is 5.32 Å². The molecule has 1 amide bonds. The second-order valence-electron chi connectivity index (χ2n) is 6.96. The molecule has 0 aromatic heterocycles. The molecule has 0 heterocycles. The van der Waals surface area contributed by atoms with Crippen molar-refractivity contribution in [3.8, 4) is 16.9 Å². The van der Waals surface area contributed by atoms with Crippen molar-refractivity contribution in [1.29, 1.82) is 0 Å². The van der Waals surface area contributed by atoms with Crippen LogP contribution in [0.25, 0.3) is 11.1 Å². The molecule has 0 spiro atoms. The van der Waals surface area contributed by atoms with Crippen LogP contribution >= 0.6 is 8.38 Å². The molecule has 0 aliphatic carbocycles. The van der Waals surface area contributed by atoms with E-state index in [-0.39, 0.29) is 13.3 Å². The van der Waals surface area contributed by atoms with E-state index in [9.17, 15) is 9.59 Å². The van der Waals surface area contributed by atoms with E-state index in [1.165, 1.54) is 16.7 Å².